The summed E-state index contributed by atoms with van der Waals surface area (Å²) in [7, 11) is 1.27. The molecule has 0 radical (unpaired) electrons. The van der Waals surface area contributed by atoms with Crippen molar-refractivity contribution in [3.8, 4) is 0 Å². The van der Waals surface area contributed by atoms with E-state index in [2.05, 4.69) is 18.6 Å². The Balaban J connectivity index is 2.67. The third-order valence-electron chi connectivity index (χ3n) is 3.30. The van der Waals surface area contributed by atoms with Gasteiger partial charge in [0.25, 0.3) is 0 Å². The highest BCUT2D eigenvalue weighted by atomic mass is 16.6. The lowest BCUT2D eigenvalue weighted by molar-refractivity contribution is -0.165. The van der Waals surface area contributed by atoms with Crippen molar-refractivity contribution in [3.05, 3.63) is 35.4 Å². The Morgan fingerprint density at radius 1 is 1.00 bits per heavy atom. The molecule has 1 aromatic rings. The Morgan fingerprint density at radius 3 is 2.05 bits per heavy atom. The van der Waals surface area contributed by atoms with Gasteiger partial charge in [-0.25, -0.2) is 4.79 Å². The Kier molecular flexibility index (Phi) is 6.40. The molecule has 0 amide bonds. The number of carbonyl (C=O) groups excluding carboxylic acids is 2. The lowest BCUT2D eigenvalue weighted by Gasteiger charge is -2.16. The van der Waals surface area contributed by atoms with E-state index < -0.39 is 24.0 Å². The van der Waals surface area contributed by atoms with Crippen LogP contribution in [0, 0.1) is 5.92 Å². The number of esters is 2. The molecule has 4 heteroatoms. The van der Waals surface area contributed by atoms with Crippen LogP contribution < -0.4 is 0 Å². The summed E-state index contributed by atoms with van der Waals surface area (Å²) in [5.41, 5.74) is 2.13. The van der Waals surface area contributed by atoms with Gasteiger partial charge in [-0.15, -0.1) is 0 Å². The van der Waals surface area contributed by atoms with Crippen molar-refractivity contribution >= 4 is 11.9 Å². The molecule has 0 saturated carbocycles. The lowest BCUT2D eigenvalue weighted by Crippen LogP contribution is -2.27. The third kappa shape index (κ3) is 5.21. The maximum absolute atomic E-state index is 12.0. The standard InChI is InChI=1S/C17H24O4/c1-11(2)10-14-6-8-15(9-7-14)12(3)16(18)21-13(4)17(19)20-5/h6-9,11-13H,10H2,1-5H3/t12-,13-/m0/s1. The Labute approximate surface area is 126 Å². The van der Waals surface area contributed by atoms with Crippen LogP contribution in [0.3, 0.4) is 0 Å². The molecule has 2 atom stereocenters. The van der Waals surface area contributed by atoms with Crippen molar-refractivity contribution in [1.29, 1.82) is 0 Å². The van der Waals surface area contributed by atoms with Gasteiger partial charge >= 0.3 is 11.9 Å². The maximum Gasteiger partial charge on any atom is 0.346 e. The monoisotopic (exact) mass is 292 g/mol. The Bertz CT molecular complexity index is 476. The molecule has 4 nitrogen and oxygen atoms in total. The zero-order valence-corrected chi connectivity index (χ0v) is 13.4. The van der Waals surface area contributed by atoms with E-state index in [1.807, 2.05) is 24.3 Å². The van der Waals surface area contributed by atoms with Gasteiger partial charge in [-0.3, -0.25) is 4.79 Å². The quantitative estimate of drug-likeness (QED) is 0.756. The number of methoxy groups -OCH3 is 1. The van der Waals surface area contributed by atoms with Gasteiger partial charge in [-0.1, -0.05) is 38.1 Å². The molecule has 116 valence electrons. The minimum Gasteiger partial charge on any atom is -0.466 e. The van der Waals surface area contributed by atoms with Gasteiger partial charge in [-0.2, -0.15) is 0 Å². The van der Waals surface area contributed by atoms with E-state index >= 15 is 0 Å². The number of hydrogen-bond donors (Lipinski definition) is 0. The van der Waals surface area contributed by atoms with E-state index in [1.165, 1.54) is 19.6 Å². The van der Waals surface area contributed by atoms with E-state index in [1.54, 1.807) is 6.92 Å². The first-order valence-corrected chi connectivity index (χ1v) is 7.22. The number of ether oxygens (including phenoxy) is 2. The average Bonchev–Trinajstić information content (AvgIpc) is 2.45. The van der Waals surface area contributed by atoms with Crippen molar-refractivity contribution in [2.45, 2.75) is 46.1 Å². The highest BCUT2D eigenvalue weighted by Crippen LogP contribution is 2.19. The van der Waals surface area contributed by atoms with Crippen molar-refractivity contribution in [3.63, 3.8) is 0 Å². The Hall–Kier alpha value is -1.84. The molecule has 0 fully saturated rings. The summed E-state index contributed by atoms with van der Waals surface area (Å²) in [6.45, 7) is 7.61. The molecule has 1 rings (SSSR count). The molecule has 21 heavy (non-hydrogen) atoms. The highest BCUT2D eigenvalue weighted by molar-refractivity contribution is 5.82. The summed E-state index contributed by atoms with van der Waals surface area (Å²) < 4.78 is 9.64. The van der Waals surface area contributed by atoms with E-state index in [4.69, 9.17) is 4.74 Å². The van der Waals surface area contributed by atoms with Crippen LogP contribution in [0.5, 0.6) is 0 Å². The molecular weight excluding hydrogens is 268 g/mol. The summed E-state index contributed by atoms with van der Waals surface area (Å²) in [6.07, 6.45) is 0.128. The molecular formula is C17H24O4. The first-order valence-electron chi connectivity index (χ1n) is 7.22. The molecule has 0 aliphatic carbocycles. The second kappa shape index (κ2) is 7.81. The predicted octanol–water partition coefficient (Wildman–Crippen LogP) is 3.09. The molecule has 0 aromatic heterocycles. The third-order valence-corrected chi connectivity index (χ3v) is 3.30. The molecule has 0 aliphatic heterocycles. The highest BCUT2D eigenvalue weighted by Gasteiger charge is 2.23. The minimum atomic E-state index is -0.884. The maximum atomic E-state index is 12.0. The average molecular weight is 292 g/mol. The fourth-order valence-corrected chi connectivity index (χ4v) is 2.04. The van der Waals surface area contributed by atoms with Crippen molar-refractivity contribution in [1.82, 2.24) is 0 Å². The number of hydrogen-bond acceptors (Lipinski definition) is 4. The van der Waals surface area contributed by atoms with Gasteiger partial charge in [0, 0.05) is 0 Å². The Morgan fingerprint density at radius 2 is 1.57 bits per heavy atom. The molecule has 0 bridgehead atoms. The summed E-state index contributed by atoms with van der Waals surface area (Å²) in [5, 5.41) is 0. The summed E-state index contributed by atoms with van der Waals surface area (Å²) >= 11 is 0. The fourth-order valence-electron chi connectivity index (χ4n) is 2.04. The predicted molar refractivity (Wildman–Crippen MR) is 81.0 cm³/mol. The van der Waals surface area contributed by atoms with Gasteiger partial charge in [-0.05, 0) is 37.3 Å². The van der Waals surface area contributed by atoms with Gasteiger partial charge in [0.05, 0.1) is 13.0 Å². The van der Waals surface area contributed by atoms with Crippen LogP contribution in [0.15, 0.2) is 24.3 Å². The topological polar surface area (TPSA) is 52.6 Å². The molecule has 0 saturated heterocycles. The van der Waals surface area contributed by atoms with E-state index in [0.717, 1.165) is 12.0 Å². The summed E-state index contributed by atoms with van der Waals surface area (Å²) in [4.78, 5) is 23.3. The number of rotatable bonds is 6. The lowest BCUT2D eigenvalue weighted by atomic mass is 9.97. The van der Waals surface area contributed by atoms with Crippen LogP contribution in [0.25, 0.3) is 0 Å². The van der Waals surface area contributed by atoms with Crippen LogP contribution in [0.2, 0.25) is 0 Å². The van der Waals surface area contributed by atoms with E-state index in [9.17, 15) is 9.59 Å². The zero-order chi connectivity index (χ0) is 16.0. The largest absolute Gasteiger partial charge is 0.466 e. The molecule has 0 heterocycles. The van der Waals surface area contributed by atoms with Gasteiger partial charge in [0.15, 0.2) is 6.10 Å². The van der Waals surface area contributed by atoms with Gasteiger partial charge in [0.1, 0.15) is 0 Å². The summed E-state index contributed by atoms with van der Waals surface area (Å²) in [5.74, 6) is -0.795. The molecule has 0 N–H and O–H groups in total. The van der Waals surface area contributed by atoms with Crippen molar-refractivity contribution in [2.75, 3.05) is 7.11 Å². The second-order valence-electron chi connectivity index (χ2n) is 5.66. The van der Waals surface area contributed by atoms with Gasteiger partial charge < -0.3 is 9.47 Å². The minimum absolute atomic E-state index is 0.412. The second-order valence-corrected chi connectivity index (χ2v) is 5.66. The van der Waals surface area contributed by atoms with E-state index in [-0.39, 0.29) is 0 Å². The number of benzene rings is 1. The van der Waals surface area contributed by atoms with E-state index in [0.29, 0.717) is 5.92 Å². The SMILES string of the molecule is COC(=O)[C@H](C)OC(=O)[C@@H](C)c1ccc(CC(C)C)cc1. The van der Waals surface area contributed by atoms with Crippen LogP contribution >= 0.6 is 0 Å². The van der Waals surface area contributed by atoms with Crippen LogP contribution in [-0.2, 0) is 25.5 Å². The normalized spacial score (nSPS) is 13.6. The van der Waals surface area contributed by atoms with Crippen molar-refractivity contribution < 1.29 is 19.1 Å². The smallest absolute Gasteiger partial charge is 0.346 e. The van der Waals surface area contributed by atoms with Crippen LogP contribution in [-0.4, -0.2) is 25.2 Å². The molecule has 0 unspecified atom stereocenters. The fraction of sp³-hybridized carbons (Fsp3) is 0.529. The van der Waals surface area contributed by atoms with Gasteiger partial charge in [0.2, 0.25) is 0 Å². The summed E-state index contributed by atoms with van der Waals surface area (Å²) in [6, 6.07) is 7.94. The molecule has 0 aliphatic rings. The van der Waals surface area contributed by atoms with Crippen molar-refractivity contribution in [2.24, 2.45) is 5.92 Å². The first kappa shape index (κ1) is 17.2. The first-order chi connectivity index (χ1) is 9.85. The molecule has 1 aromatic carbocycles. The van der Waals surface area contributed by atoms with Crippen LogP contribution in [0.1, 0.15) is 44.7 Å². The molecule has 0 spiro atoms. The van der Waals surface area contributed by atoms with Crippen LogP contribution in [0.4, 0.5) is 0 Å². The zero-order valence-electron chi connectivity index (χ0n) is 13.4. The number of carbonyl (C=O) groups is 2.